The zero-order valence-electron chi connectivity index (χ0n) is 9.98. The number of aromatic nitrogens is 2. The van der Waals surface area contributed by atoms with Crippen molar-refractivity contribution in [3.05, 3.63) is 17.6 Å². The van der Waals surface area contributed by atoms with Crippen LogP contribution in [0.2, 0.25) is 0 Å². The predicted octanol–water partition coefficient (Wildman–Crippen LogP) is 1.52. The van der Waals surface area contributed by atoms with E-state index < -0.39 is 0 Å². The van der Waals surface area contributed by atoms with Crippen LogP contribution >= 0.6 is 0 Å². The van der Waals surface area contributed by atoms with E-state index in [2.05, 4.69) is 14.9 Å². The summed E-state index contributed by atoms with van der Waals surface area (Å²) in [4.78, 5) is 22.5. The fourth-order valence-electron chi connectivity index (χ4n) is 2.80. The molecule has 0 aromatic carbocycles. The highest BCUT2D eigenvalue weighted by atomic mass is 16.1. The van der Waals surface area contributed by atoms with Gasteiger partial charge in [-0.2, -0.15) is 0 Å². The quantitative estimate of drug-likeness (QED) is 0.735. The SMILES string of the molecule is O=C1CCCN(c2ncnc3c2CCCC3)C1. The number of piperidine rings is 1. The molecule has 0 unspecified atom stereocenters. The minimum absolute atomic E-state index is 0.333. The summed E-state index contributed by atoms with van der Waals surface area (Å²) in [5.41, 5.74) is 2.48. The Morgan fingerprint density at radius 3 is 2.82 bits per heavy atom. The van der Waals surface area contributed by atoms with Crippen molar-refractivity contribution in [1.29, 1.82) is 0 Å². The number of Topliss-reactive ketones (excluding diaryl/α,β-unsaturated/α-hetero) is 1. The van der Waals surface area contributed by atoms with Gasteiger partial charge < -0.3 is 4.90 Å². The minimum atomic E-state index is 0.333. The molecule has 0 bridgehead atoms. The molecular formula is C13H17N3O. The van der Waals surface area contributed by atoms with Gasteiger partial charge in [-0.05, 0) is 32.1 Å². The van der Waals surface area contributed by atoms with Crippen molar-refractivity contribution in [1.82, 2.24) is 9.97 Å². The molecule has 2 heterocycles. The van der Waals surface area contributed by atoms with Crippen LogP contribution in [-0.4, -0.2) is 28.8 Å². The van der Waals surface area contributed by atoms with Gasteiger partial charge in [-0.25, -0.2) is 9.97 Å². The third-order valence-electron chi connectivity index (χ3n) is 3.65. The van der Waals surface area contributed by atoms with Gasteiger partial charge in [0, 0.05) is 24.2 Å². The number of hydrogen-bond donors (Lipinski definition) is 0. The number of aryl methyl sites for hydroxylation is 1. The first-order valence-electron chi connectivity index (χ1n) is 6.44. The van der Waals surface area contributed by atoms with E-state index in [0.717, 1.165) is 38.0 Å². The van der Waals surface area contributed by atoms with E-state index >= 15 is 0 Å². The molecular weight excluding hydrogens is 214 g/mol. The van der Waals surface area contributed by atoms with Gasteiger partial charge in [-0.15, -0.1) is 0 Å². The summed E-state index contributed by atoms with van der Waals surface area (Å²) in [5.74, 6) is 1.35. The van der Waals surface area contributed by atoms with Gasteiger partial charge in [0.1, 0.15) is 12.1 Å². The van der Waals surface area contributed by atoms with Gasteiger partial charge in [-0.1, -0.05) is 0 Å². The Morgan fingerprint density at radius 2 is 1.94 bits per heavy atom. The fourth-order valence-corrected chi connectivity index (χ4v) is 2.80. The highest BCUT2D eigenvalue weighted by molar-refractivity contribution is 5.84. The fraction of sp³-hybridized carbons (Fsp3) is 0.615. The Kier molecular flexibility index (Phi) is 2.79. The molecule has 1 aliphatic heterocycles. The van der Waals surface area contributed by atoms with Crippen molar-refractivity contribution in [2.24, 2.45) is 0 Å². The van der Waals surface area contributed by atoms with E-state index in [-0.39, 0.29) is 0 Å². The number of hydrogen-bond acceptors (Lipinski definition) is 4. The van der Waals surface area contributed by atoms with E-state index in [0.29, 0.717) is 12.3 Å². The second kappa shape index (κ2) is 4.43. The van der Waals surface area contributed by atoms with Crippen LogP contribution in [0.15, 0.2) is 6.33 Å². The maximum atomic E-state index is 11.5. The van der Waals surface area contributed by atoms with Crippen molar-refractivity contribution in [2.45, 2.75) is 38.5 Å². The summed E-state index contributed by atoms with van der Waals surface area (Å²) in [6.07, 6.45) is 7.90. The Hall–Kier alpha value is -1.45. The van der Waals surface area contributed by atoms with Gasteiger partial charge in [0.05, 0.1) is 6.54 Å². The molecule has 1 aliphatic carbocycles. The highest BCUT2D eigenvalue weighted by Crippen LogP contribution is 2.28. The van der Waals surface area contributed by atoms with Gasteiger partial charge in [0.25, 0.3) is 0 Å². The second-order valence-corrected chi connectivity index (χ2v) is 4.89. The molecule has 90 valence electrons. The number of ketones is 1. The molecule has 1 aromatic rings. The van der Waals surface area contributed by atoms with Crippen LogP contribution in [0.4, 0.5) is 5.82 Å². The summed E-state index contributed by atoms with van der Waals surface area (Å²) in [5, 5.41) is 0. The maximum Gasteiger partial charge on any atom is 0.152 e. The first-order chi connectivity index (χ1) is 8.34. The van der Waals surface area contributed by atoms with E-state index in [1.165, 1.54) is 24.1 Å². The average molecular weight is 231 g/mol. The lowest BCUT2D eigenvalue weighted by atomic mass is 9.95. The van der Waals surface area contributed by atoms with Gasteiger partial charge >= 0.3 is 0 Å². The topological polar surface area (TPSA) is 46.1 Å². The summed E-state index contributed by atoms with van der Waals surface area (Å²) in [6, 6.07) is 0. The van der Waals surface area contributed by atoms with Gasteiger partial charge in [0.2, 0.25) is 0 Å². The molecule has 0 atom stereocenters. The van der Waals surface area contributed by atoms with Crippen LogP contribution in [-0.2, 0) is 17.6 Å². The number of carbonyl (C=O) groups excluding carboxylic acids is 1. The Labute approximate surface area is 101 Å². The molecule has 1 aromatic heterocycles. The van der Waals surface area contributed by atoms with Crippen molar-refractivity contribution in [2.75, 3.05) is 18.0 Å². The molecule has 0 radical (unpaired) electrons. The van der Waals surface area contributed by atoms with Crippen LogP contribution in [0.3, 0.4) is 0 Å². The molecule has 1 saturated heterocycles. The average Bonchev–Trinajstić information content (AvgIpc) is 2.38. The zero-order chi connectivity index (χ0) is 11.7. The summed E-state index contributed by atoms with van der Waals surface area (Å²) < 4.78 is 0. The standard InChI is InChI=1S/C13H17N3O/c17-10-4-3-7-16(8-10)13-11-5-1-2-6-12(11)14-9-15-13/h9H,1-8H2. The molecule has 4 heteroatoms. The minimum Gasteiger partial charge on any atom is -0.349 e. The summed E-state index contributed by atoms with van der Waals surface area (Å²) >= 11 is 0. The first kappa shape index (κ1) is 10.7. The van der Waals surface area contributed by atoms with Crippen molar-refractivity contribution >= 4 is 11.6 Å². The van der Waals surface area contributed by atoms with Crippen LogP contribution in [0.25, 0.3) is 0 Å². The molecule has 17 heavy (non-hydrogen) atoms. The monoisotopic (exact) mass is 231 g/mol. The van der Waals surface area contributed by atoms with Crippen molar-refractivity contribution in [3.63, 3.8) is 0 Å². The third-order valence-corrected chi connectivity index (χ3v) is 3.65. The molecule has 0 N–H and O–H groups in total. The summed E-state index contributed by atoms with van der Waals surface area (Å²) in [7, 11) is 0. The lowest BCUT2D eigenvalue weighted by Gasteiger charge is -2.30. The summed E-state index contributed by atoms with van der Waals surface area (Å²) in [6.45, 7) is 1.48. The van der Waals surface area contributed by atoms with E-state index in [4.69, 9.17) is 0 Å². The Morgan fingerprint density at radius 1 is 1.06 bits per heavy atom. The second-order valence-electron chi connectivity index (χ2n) is 4.89. The molecule has 0 spiro atoms. The van der Waals surface area contributed by atoms with Gasteiger partial charge in [0.15, 0.2) is 5.78 Å². The van der Waals surface area contributed by atoms with Crippen LogP contribution in [0, 0.1) is 0 Å². The number of anilines is 1. The molecule has 1 fully saturated rings. The largest absolute Gasteiger partial charge is 0.349 e. The first-order valence-corrected chi connectivity index (χ1v) is 6.44. The lowest BCUT2D eigenvalue weighted by Crippen LogP contribution is -2.37. The van der Waals surface area contributed by atoms with E-state index in [1.54, 1.807) is 6.33 Å². The van der Waals surface area contributed by atoms with Crippen molar-refractivity contribution < 1.29 is 4.79 Å². The Bertz CT molecular complexity index is 444. The number of rotatable bonds is 1. The number of fused-ring (bicyclic) bond motifs is 1. The number of carbonyl (C=O) groups is 1. The predicted molar refractivity (Wildman–Crippen MR) is 65.1 cm³/mol. The van der Waals surface area contributed by atoms with E-state index in [1.807, 2.05) is 0 Å². The van der Waals surface area contributed by atoms with Crippen LogP contribution in [0.1, 0.15) is 36.9 Å². The highest BCUT2D eigenvalue weighted by Gasteiger charge is 2.23. The van der Waals surface area contributed by atoms with Crippen LogP contribution in [0.5, 0.6) is 0 Å². The molecule has 2 aliphatic rings. The molecule has 3 rings (SSSR count). The van der Waals surface area contributed by atoms with Gasteiger partial charge in [-0.3, -0.25) is 4.79 Å². The van der Waals surface area contributed by atoms with Crippen molar-refractivity contribution in [3.8, 4) is 0 Å². The zero-order valence-corrected chi connectivity index (χ0v) is 9.98. The van der Waals surface area contributed by atoms with E-state index in [9.17, 15) is 4.79 Å². The normalized spacial score (nSPS) is 20.2. The third kappa shape index (κ3) is 2.04. The molecule has 0 saturated carbocycles. The van der Waals surface area contributed by atoms with Crippen LogP contribution < -0.4 is 4.90 Å². The number of nitrogens with zero attached hydrogens (tertiary/aromatic N) is 3. The molecule has 4 nitrogen and oxygen atoms in total. The maximum absolute atomic E-state index is 11.5. The lowest BCUT2D eigenvalue weighted by molar-refractivity contribution is -0.118. The molecule has 0 amide bonds. The smallest absolute Gasteiger partial charge is 0.152 e. The Balaban J connectivity index is 1.94.